The van der Waals surface area contributed by atoms with Crippen LogP contribution in [0.5, 0.6) is 0 Å². The van der Waals surface area contributed by atoms with Crippen molar-refractivity contribution in [2.75, 3.05) is 25.0 Å². The Balaban J connectivity index is 1.87. The molecule has 0 aliphatic carbocycles. The van der Waals surface area contributed by atoms with Crippen LogP contribution >= 0.6 is 0 Å². The molecule has 0 unspecified atom stereocenters. The number of carboxylic acid groups (broad SMARTS) is 1. The van der Waals surface area contributed by atoms with Gasteiger partial charge in [0.25, 0.3) is 0 Å². The zero-order chi connectivity index (χ0) is 15.2. The first-order valence-corrected chi connectivity index (χ1v) is 7.12. The molecule has 112 valence electrons. The fourth-order valence-corrected chi connectivity index (χ4v) is 2.32. The highest BCUT2D eigenvalue weighted by Crippen LogP contribution is 2.12. The largest absolute Gasteiger partial charge is 0.478 e. The maximum Gasteiger partial charge on any atom is 0.332 e. The monoisotopic (exact) mass is 288 g/mol. The Morgan fingerprint density at radius 2 is 2.00 bits per heavy atom. The van der Waals surface area contributed by atoms with Crippen LogP contribution < -0.4 is 5.32 Å². The third kappa shape index (κ3) is 4.43. The Hall–Kier alpha value is -2.14. The van der Waals surface area contributed by atoms with Crippen LogP contribution in [0.1, 0.15) is 18.9 Å². The first kappa shape index (κ1) is 15.3. The molecule has 0 fully saturated rings. The molecule has 0 radical (unpaired) electrons. The molecule has 0 spiro atoms. The van der Waals surface area contributed by atoms with Crippen LogP contribution in [0.3, 0.4) is 0 Å². The Morgan fingerprint density at radius 1 is 1.29 bits per heavy atom. The summed E-state index contributed by atoms with van der Waals surface area (Å²) in [4.78, 5) is 24.8. The van der Waals surface area contributed by atoms with Gasteiger partial charge >= 0.3 is 5.97 Å². The molecule has 0 saturated carbocycles. The standard InChI is InChI=1S/C16H20N2O3/c1-2-12-5-7-14(8-6-12)17-15(19)11-18-9-3-4-13(10-18)16(20)21/h4-8H,2-3,9-11H2,1H3,(H,17,19)(H,20,21). The van der Waals surface area contributed by atoms with Crippen LogP contribution in [0, 0.1) is 0 Å². The normalized spacial score (nSPS) is 15.4. The van der Waals surface area contributed by atoms with Gasteiger partial charge in [-0.05, 0) is 30.5 Å². The van der Waals surface area contributed by atoms with Crippen LogP contribution in [-0.2, 0) is 16.0 Å². The average molecular weight is 288 g/mol. The quantitative estimate of drug-likeness (QED) is 0.868. The third-order valence-electron chi connectivity index (χ3n) is 3.52. The predicted octanol–water partition coefficient (Wildman–Crippen LogP) is 1.90. The van der Waals surface area contributed by atoms with E-state index in [9.17, 15) is 9.59 Å². The molecule has 5 heteroatoms. The molecular formula is C16H20N2O3. The van der Waals surface area contributed by atoms with E-state index in [0.29, 0.717) is 25.1 Å². The highest BCUT2D eigenvalue weighted by atomic mass is 16.4. The Morgan fingerprint density at radius 3 is 2.62 bits per heavy atom. The second-order valence-electron chi connectivity index (χ2n) is 5.13. The number of aryl methyl sites for hydroxylation is 1. The summed E-state index contributed by atoms with van der Waals surface area (Å²) in [5.41, 5.74) is 2.35. The number of hydrogen-bond donors (Lipinski definition) is 2. The Labute approximate surface area is 124 Å². The van der Waals surface area contributed by atoms with E-state index < -0.39 is 5.97 Å². The van der Waals surface area contributed by atoms with Crippen molar-refractivity contribution < 1.29 is 14.7 Å². The highest BCUT2D eigenvalue weighted by Gasteiger charge is 2.19. The molecule has 0 aromatic heterocycles. The van der Waals surface area contributed by atoms with Gasteiger partial charge in [-0.3, -0.25) is 9.69 Å². The topological polar surface area (TPSA) is 69.6 Å². The van der Waals surface area contributed by atoms with Gasteiger partial charge in [-0.1, -0.05) is 25.1 Å². The first-order valence-electron chi connectivity index (χ1n) is 7.12. The van der Waals surface area contributed by atoms with Crippen LogP contribution in [-0.4, -0.2) is 41.5 Å². The molecule has 0 atom stereocenters. The summed E-state index contributed by atoms with van der Waals surface area (Å²) >= 11 is 0. The number of carbonyl (C=O) groups excluding carboxylic acids is 1. The maximum atomic E-state index is 12.0. The van der Waals surface area contributed by atoms with Gasteiger partial charge in [0.2, 0.25) is 5.91 Å². The summed E-state index contributed by atoms with van der Waals surface area (Å²) < 4.78 is 0. The van der Waals surface area contributed by atoms with E-state index in [0.717, 1.165) is 12.1 Å². The fourth-order valence-electron chi connectivity index (χ4n) is 2.32. The number of carbonyl (C=O) groups is 2. The zero-order valence-corrected chi connectivity index (χ0v) is 12.1. The third-order valence-corrected chi connectivity index (χ3v) is 3.52. The molecule has 0 bridgehead atoms. The summed E-state index contributed by atoms with van der Waals surface area (Å²) in [6.45, 7) is 3.31. The van der Waals surface area contributed by atoms with Gasteiger partial charge in [0.05, 0.1) is 6.54 Å². The predicted molar refractivity (Wildman–Crippen MR) is 81.2 cm³/mol. The molecule has 1 aliphatic heterocycles. The van der Waals surface area contributed by atoms with E-state index in [1.807, 2.05) is 29.2 Å². The molecule has 1 aromatic carbocycles. The second kappa shape index (κ2) is 7.04. The molecule has 1 aliphatic rings. The minimum Gasteiger partial charge on any atom is -0.478 e. The van der Waals surface area contributed by atoms with Gasteiger partial charge < -0.3 is 10.4 Å². The van der Waals surface area contributed by atoms with Gasteiger partial charge in [0.1, 0.15) is 0 Å². The van der Waals surface area contributed by atoms with Crippen molar-refractivity contribution in [3.05, 3.63) is 41.5 Å². The SMILES string of the molecule is CCc1ccc(NC(=O)CN2CCC=C(C(=O)O)C2)cc1. The molecule has 5 nitrogen and oxygen atoms in total. The summed E-state index contributed by atoms with van der Waals surface area (Å²) in [5.74, 6) is -1.03. The van der Waals surface area contributed by atoms with E-state index in [4.69, 9.17) is 5.11 Å². The Bertz CT molecular complexity index is 549. The van der Waals surface area contributed by atoms with Crippen LogP contribution in [0.4, 0.5) is 5.69 Å². The molecular weight excluding hydrogens is 268 g/mol. The lowest BCUT2D eigenvalue weighted by Gasteiger charge is -2.24. The zero-order valence-electron chi connectivity index (χ0n) is 12.1. The van der Waals surface area contributed by atoms with E-state index in [1.165, 1.54) is 5.56 Å². The molecule has 2 rings (SSSR count). The van der Waals surface area contributed by atoms with Crippen molar-refractivity contribution >= 4 is 17.6 Å². The maximum absolute atomic E-state index is 12.0. The number of benzene rings is 1. The van der Waals surface area contributed by atoms with Crippen molar-refractivity contribution in [2.24, 2.45) is 0 Å². The molecule has 21 heavy (non-hydrogen) atoms. The molecule has 1 aromatic rings. The fraction of sp³-hybridized carbons (Fsp3) is 0.375. The van der Waals surface area contributed by atoms with Crippen LogP contribution in [0.2, 0.25) is 0 Å². The number of nitrogens with zero attached hydrogens (tertiary/aromatic N) is 1. The summed E-state index contributed by atoms with van der Waals surface area (Å²) in [7, 11) is 0. The molecule has 1 heterocycles. The van der Waals surface area contributed by atoms with Crippen molar-refractivity contribution in [3.63, 3.8) is 0 Å². The Kier molecular flexibility index (Phi) is 5.11. The number of hydrogen-bond acceptors (Lipinski definition) is 3. The number of carboxylic acids is 1. The van der Waals surface area contributed by atoms with E-state index in [2.05, 4.69) is 12.2 Å². The van der Waals surface area contributed by atoms with E-state index >= 15 is 0 Å². The summed E-state index contributed by atoms with van der Waals surface area (Å²) in [6.07, 6.45) is 3.35. The minimum atomic E-state index is -0.907. The van der Waals surface area contributed by atoms with Gasteiger partial charge in [0.15, 0.2) is 0 Å². The molecule has 0 saturated heterocycles. The van der Waals surface area contributed by atoms with Gasteiger partial charge in [-0.2, -0.15) is 0 Å². The summed E-state index contributed by atoms with van der Waals surface area (Å²) in [5, 5.41) is 11.8. The minimum absolute atomic E-state index is 0.120. The van der Waals surface area contributed by atoms with Crippen molar-refractivity contribution in [3.8, 4) is 0 Å². The smallest absolute Gasteiger partial charge is 0.332 e. The average Bonchev–Trinajstić information content (AvgIpc) is 2.48. The van der Waals surface area contributed by atoms with Crippen molar-refractivity contribution in [1.29, 1.82) is 0 Å². The lowest BCUT2D eigenvalue weighted by Crippen LogP contribution is -2.38. The number of aliphatic carboxylic acids is 1. The lowest BCUT2D eigenvalue weighted by molar-refractivity contribution is -0.133. The number of amides is 1. The number of nitrogens with one attached hydrogen (secondary N) is 1. The molecule has 2 N–H and O–H groups in total. The van der Waals surface area contributed by atoms with Crippen molar-refractivity contribution in [2.45, 2.75) is 19.8 Å². The lowest BCUT2D eigenvalue weighted by atomic mass is 10.1. The first-order chi connectivity index (χ1) is 10.1. The van der Waals surface area contributed by atoms with Crippen LogP contribution in [0.15, 0.2) is 35.9 Å². The number of rotatable bonds is 5. The van der Waals surface area contributed by atoms with Crippen molar-refractivity contribution in [1.82, 2.24) is 4.90 Å². The summed E-state index contributed by atoms with van der Waals surface area (Å²) in [6, 6.07) is 7.74. The van der Waals surface area contributed by atoms with E-state index in [-0.39, 0.29) is 12.5 Å². The number of anilines is 1. The van der Waals surface area contributed by atoms with E-state index in [1.54, 1.807) is 6.08 Å². The van der Waals surface area contributed by atoms with Crippen LogP contribution in [0.25, 0.3) is 0 Å². The second-order valence-corrected chi connectivity index (χ2v) is 5.13. The van der Waals surface area contributed by atoms with Gasteiger partial charge in [-0.15, -0.1) is 0 Å². The van der Waals surface area contributed by atoms with Gasteiger partial charge in [-0.25, -0.2) is 4.79 Å². The highest BCUT2D eigenvalue weighted by molar-refractivity contribution is 5.92. The molecule has 1 amide bonds. The van der Waals surface area contributed by atoms with Gasteiger partial charge in [0, 0.05) is 24.4 Å².